The quantitative estimate of drug-likeness (QED) is 0.631. The Morgan fingerprint density at radius 2 is 1.75 bits per heavy atom. The van der Waals surface area contributed by atoms with Gasteiger partial charge in [-0.25, -0.2) is 0 Å². The second-order valence-electron chi connectivity index (χ2n) is 6.93. The first kappa shape index (κ1) is 16.9. The first-order valence-electron chi connectivity index (χ1n) is 8.84. The summed E-state index contributed by atoms with van der Waals surface area (Å²) < 4.78 is 0. The summed E-state index contributed by atoms with van der Waals surface area (Å²) in [6.45, 7) is 5.63. The zero-order chi connectivity index (χ0) is 17.1. The minimum atomic E-state index is -0.438. The van der Waals surface area contributed by atoms with Gasteiger partial charge in [-0.3, -0.25) is 14.9 Å². The molecule has 3 rings (SSSR count). The van der Waals surface area contributed by atoms with E-state index >= 15 is 0 Å². The lowest BCUT2D eigenvalue weighted by Crippen LogP contribution is -2.48. The van der Waals surface area contributed by atoms with Gasteiger partial charge in [0, 0.05) is 36.8 Å². The number of likely N-dealkylation sites (tertiary alicyclic amines) is 2. The predicted molar refractivity (Wildman–Crippen MR) is 92.2 cm³/mol. The molecule has 0 aliphatic carbocycles. The monoisotopic (exact) mass is 331 g/mol. The van der Waals surface area contributed by atoms with Crippen LogP contribution in [0, 0.1) is 17.0 Å². The molecule has 2 aliphatic heterocycles. The molecular weight excluding hydrogens is 306 g/mol. The molecular formula is C18H25N3O3. The molecule has 2 fully saturated rings. The van der Waals surface area contributed by atoms with E-state index in [1.54, 1.807) is 13.0 Å². The fraction of sp³-hybridized carbons (Fsp3) is 0.611. The van der Waals surface area contributed by atoms with Crippen LogP contribution in [-0.2, 0) is 0 Å². The molecule has 0 spiro atoms. The third-order valence-electron chi connectivity index (χ3n) is 5.18. The summed E-state index contributed by atoms with van der Waals surface area (Å²) in [6.07, 6.45) is 5.90. The molecule has 0 saturated carbocycles. The Labute approximate surface area is 142 Å². The summed E-state index contributed by atoms with van der Waals surface area (Å²) >= 11 is 0. The van der Waals surface area contributed by atoms with Crippen LogP contribution in [-0.4, -0.2) is 52.9 Å². The van der Waals surface area contributed by atoms with Crippen molar-refractivity contribution in [3.63, 3.8) is 0 Å². The number of nitro groups is 1. The first-order valence-corrected chi connectivity index (χ1v) is 8.84. The summed E-state index contributed by atoms with van der Waals surface area (Å²) in [6, 6.07) is 5.22. The van der Waals surface area contributed by atoms with Gasteiger partial charge in [0.05, 0.1) is 4.92 Å². The van der Waals surface area contributed by atoms with E-state index in [1.165, 1.54) is 44.5 Å². The second kappa shape index (κ2) is 7.30. The highest BCUT2D eigenvalue weighted by molar-refractivity contribution is 5.95. The van der Waals surface area contributed by atoms with Crippen LogP contribution in [0.15, 0.2) is 18.2 Å². The number of aryl methyl sites for hydroxylation is 1. The smallest absolute Gasteiger partial charge is 0.270 e. The van der Waals surface area contributed by atoms with E-state index in [4.69, 9.17) is 0 Å². The van der Waals surface area contributed by atoms with E-state index in [2.05, 4.69) is 4.90 Å². The van der Waals surface area contributed by atoms with Crippen LogP contribution in [0.4, 0.5) is 5.69 Å². The van der Waals surface area contributed by atoms with Crippen LogP contribution in [0.1, 0.15) is 48.0 Å². The highest BCUT2D eigenvalue weighted by Gasteiger charge is 2.28. The summed E-state index contributed by atoms with van der Waals surface area (Å²) in [5.41, 5.74) is 1.16. The van der Waals surface area contributed by atoms with Crippen LogP contribution in [0.2, 0.25) is 0 Å². The van der Waals surface area contributed by atoms with E-state index in [1.807, 2.05) is 4.90 Å². The third-order valence-corrected chi connectivity index (χ3v) is 5.18. The van der Waals surface area contributed by atoms with Crippen molar-refractivity contribution >= 4 is 11.6 Å². The highest BCUT2D eigenvalue weighted by atomic mass is 16.6. The number of benzene rings is 1. The average Bonchev–Trinajstić information content (AvgIpc) is 2.61. The van der Waals surface area contributed by atoms with E-state index in [0.29, 0.717) is 11.6 Å². The molecule has 0 radical (unpaired) electrons. The number of hydrogen-bond acceptors (Lipinski definition) is 4. The number of hydrogen-bond donors (Lipinski definition) is 0. The SMILES string of the molecule is Cc1cc(C(=O)N2CCC(N3CCCCC3)CC2)cc([N+](=O)[O-])c1. The molecule has 2 heterocycles. The number of non-ortho nitro benzene ring substituents is 1. The van der Waals surface area contributed by atoms with Gasteiger partial charge < -0.3 is 9.80 Å². The molecule has 1 aromatic rings. The van der Waals surface area contributed by atoms with Crippen molar-refractivity contribution in [1.29, 1.82) is 0 Å². The molecule has 0 bridgehead atoms. The first-order chi connectivity index (χ1) is 11.5. The largest absolute Gasteiger partial charge is 0.339 e. The fourth-order valence-electron chi connectivity index (χ4n) is 3.89. The molecule has 0 N–H and O–H groups in total. The average molecular weight is 331 g/mol. The molecule has 24 heavy (non-hydrogen) atoms. The van der Waals surface area contributed by atoms with E-state index in [0.717, 1.165) is 31.5 Å². The number of amides is 1. The lowest BCUT2D eigenvalue weighted by atomic mass is 9.99. The fourth-order valence-corrected chi connectivity index (χ4v) is 3.89. The maximum absolute atomic E-state index is 12.7. The van der Waals surface area contributed by atoms with Crippen LogP contribution in [0.25, 0.3) is 0 Å². The molecule has 0 atom stereocenters. The van der Waals surface area contributed by atoms with Crippen LogP contribution < -0.4 is 0 Å². The van der Waals surface area contributed by atoms with E-state index in [-0.39, 0.29) is 11.6 Å². The van der Waals surface area contributed by atoms with E-state index in [9.17, 15) is 14.9 Å². The Kier molecular flexibility index (Phi) is 5.14. The van der Waals surface area contributed by atoms with Crippen molar-refractivity contribution in [2.75, 3.05) is 26.2 Å². The number of nitro benzene ring substituents is 1. The van der Waals surface area contributed by atoms with Gasteiger partial charge in [0.2, 0.25) is 0 Å². The lowest BCUT2D eigenvalue weighted by Gasteiger charge is -2.40. The Morgan fingerprint density at radius 1 is 1.08 bits per heavy atom. The summed E-state index contributed by atoms with van der Waals surface area (Å²) in [5, 5.41) is 11.0. The topological polar surface area (TPSA) is 66.7 Å². The molecule has 1 amide bonds. The van der Waals surface area contributed by atoms with Gasteiger partial charge in [0.25, 0.3) is 11.6 Å². The van der Waals surface area contributed by atoms with Gasteiger partial charge in [0.1, 0.15) is 0 Å². The third kappa shape index (κ3) is 3.75. The van der Waals surface area contributed by atoms with Crippen LogP contribution in [0.3, 0.4) is 0 Å². The number of carbonyl (C=O) groups excluding carboxylic acids is 1. The van der Waals surface area contributed by atoms with Crippen LogP contribution in [0.5, 0.6) is 0 Å². The Hall–Kier alpha value is -1.95. The zero-order valence-electron chi connectivity index (χ0n) is 14.2. The number of carbonyl (C=O) groups is 1. The van der Waals surface area contributed by atoms with Gasteiger partial charge in [-0.2, -0.15) is 0 Å². The van der Waals surface area contributed by atoms with Crippen molar-refractivity contribution in [3.05, 3.63) is 39.4 Å². The molecule has 130 valence electrons. The highest BCUT2D eigenvalue weighted by Crippen LogP contribution is 2.23. The van der Waals surface area contributed by atoms with Crippen LogP contribution >= 0.6 is 0 Å². The van der Waals surface area contributed by atoms with Gasteiger partial charge >= 0.3 is 0 Å². The summed E-state index contributed by atoms with van der Waals surface area (Å²) in [7, 11) is 0. The van der Waals surface area contributed by atoms with Gasteiger partial charge in [-0.15, -0.1) is 0 Å². The zero-order valence-corrected chi connectivity index (χ0v) is 14.2. The van der Waals surface area contributed by atoms with Crippen molar-refractivity contribution in [2.45, 2.75) is 45.1 Å². The lowest BCUT2D eigenvalue weighted by molar-refractivity contribution is -0.384. The minimum absolute atomic E-state index is 0.0125. The minimum Gasteiger partial charge on any atom is -0.339 e. The second-order valence-corrected chi connectivity index (χ2v) is 6.93. The molecule has 2 saturated heterocycles. The van der Waals surface area contributed by atoms with Crippen molar-refractivity contribution in [1.82, 2.24) is 9.80 Å². The van der Waals surface area contributed by atoms with Crippen molar-refractivity contribution in [3.8, 4) is 0 Å². The van der Waals surface area contributed by atoms with Gasteiger partial charge in [0.15, 0.2) is 0 Å². The number of nitrogens with zero attached hydrogens (tertiary/aromatic N) is 3. The standard InChI is InChI=1S/C18H25N3O3/c1-14-11-15(13-17(12-14)21(23)24)18(22)20-9-5-16(6-10-20)19-7-3-2-4-8-19/h11-13,16H,2-10H2,1H3. The Morgan fingerprint density at radius 3 is 2.38 bits per heavy atom. The molecule has 0 unspecified atom stereocenters. The Balaban J connectivity index is 1.63. The van der Waals surface area contributed by atoms with Crippen molar-refractivity contribution < 1.29 is 9.72 Å². The number of rotatable bonds is 3. The normalized spacial score (nSPS) is 20.1. The predicted octanol–water partition coefficient (Wildman–Crippen LogP) is 2.99. The molecule has 0 aromatic heterocycles. The molecule has 6 nitrogen and oxygen atoms in total. The van der Waals surface area contributed by atoms with Gasteiger partial charge in [-0.1, -0.05) is 6.42 Å². The molecule has 1 aromatic carbocycles. The number of piperidine rings is 2. The molecule has 6 heteroatoms. The summed E-state index contributed by atoms with van der Waals surface area (Å²) in [5.74, 6) is -0.0844. The Bertz CT molecular complexity index is 618. The van der Waals surface area contributed by atoms with E-state index < -0.39 is 4.92 Å². The van der Waals surface area contributed by atoms with Gasteiger partial charge in [-0.05, 0) is 57.3 Å². The summed E-state index contributed by atoms with van der Waals surface area (Å²) in [4.78, 5) is 27.7. The molecule has 2 aliphatic rings. The van der Waals surface area contributed by atoms with Crippen molar-refractivity contribution in [2.24, 2.45) is 0 Å². The maximum Gasteiger partial charge on any atom is 0.270 e. The maximum atomic E-state index is 12.7.